The smallest absolute Gasteiger partial charge is 0.460 e. The van der Waals surface area contributed by atoms with Crippen molar-refractivity contribution in [1.29, 1.82) is 0 Å². The van der Waals surface area contributed by atoms with Gasteiger partial charge in [-0.2, -0.15) is 79.0 Å². The first-order chi connectivity index (χ1) is 30.3. The number of rotatable bonds is 13. The fourth-order valence-electron chi connectivity index (χ4n) is 4.51. The molecular formula is C38H23F18IO6S4. The number of alkyl halides is 18. The molecule has 0 bridgehead atoms. The fourth-order valence-corrected chi connectivity index (χ4v) is 10.5. The van der Waals surface area contributed by atoms with Gasteiger partial charge in [0.25, 0.3) is 0 Å². The quantitative estimate of drug-likeness (QED) is 0.0501. The van der Waals surface area contributed by atoms with Crippen molar-refractivity contribution in [1.82, 2.24) is 0 Å². The summed E-state index contributed by atoms with van der Waals surface area (Å²) in [6, 6.07) is 50.6. The first-order valence-corrected chi connectivity index (χ1v) is 24.1. The van der Waals surface area contributed by atoms with Gasteiger partial charge in [-0.15, -0.1) is 0 Å². The zero-order chi connectivity index (χ0) is 51.3. The summed E-state index contributed by atoms with van der Waals surface area (Å²) in [7, 11) is -14.9. The maximum atomic E-state index is 12.2. The zero-order valence-corrected chi connectivity index (χ0v) is 37.5. The molecule has 6 nitrogen and oxygen atoms in total. The molecule has 0 aliphatic carbocycles. The Hall–Kier alpha value is -3.91. The standard InChI is InChI=1S/C30H23IS2.2C4HF9O3S/c1-4-10-24(11-5-1)31-25-16-18-26(19-17-25)32-27-20-22-30(23-21-27)33(28-12-6-2-7-13-28)29-14-8-3-9-15-29;2*5-1(6,3(9,10)11)2(7,8)4(12,13)17(14,15)16/h1-23H;2*(H,14,15,16)/q+2;;/p-2. The molecule has 0 aliphatic rings. The maximum absolute atomic E-state index is 12.2. The summed E-state index contributed by atoms with van der Waals surface area (Å²) in [6.07, 6.45) is -14.3. The molecule has 0 N–H and O–H groups in total. The topological polar surface area (TPSA) is 114 Å². The van der Waals surface area contributed by atoms with Gasteiger partial charge in [0.05, 0.1) is 10.9 Å². The van der Waals surface area contributed by atoms with E-state index in [9.17, 15) is 105 Å². The van der Waals surface area contributed by atoms with Gasteiger partial charge >= 0.3 is 67.8 Å². The molecule has 0 fully saturated rings. The first kappa shape index (κ1) is 57.4. The summed E-state index contributed by atoms with van der Waals surface area (Å²) < 4.78 is 274. The van der Waals surface area contributed by atoms with Gasteiger partial charge in [0.15, 0.2) is 42.1 Å². The largest absolute Gasteiger partial charge is 0.743 e. The Kier molecular flexibility index (Phi) is 18.0. The van der Waals surface area contributed by atoms with E-state index in [0.29, 0.717) is 0 Å². The number of hydrogen-bond acceptors (Lipinski definition) is 7. The summed E-state index contributed by atoms with van der Waals surface area (Å²) in [5.74, 6) is -29.6. The Balaban J connectivity index is 0.000000298. The molecular weight excluding hydrogens is 1150 g/mol. The van der Waals surface area contributed by atoms with E-state index in [4.69, 9.17) is 0 Å². The SMILES string of the molecule is O=S(=O)([O-])C(F)(F)C(F)(F)C(F)(F)C(F)(F)F.O=S(=O)([O-])C(F)(F)C(F)(F)C(F)(F)C(F)(F)F.c1ccc([I+]c2ccc(Sc3ccc([S+](c4ccccc4)c4ccccc4)cc3)cc2)cc1. The molecule has 0 heterocycles. The van der Waals surface area contributed by atoms with E-state index in [-0.39, 0.29) is 32.1 Å². The molecule has 5 aromatic carbocycles. The second-order valence-electron chi connectivity index (χ2n) is 12.6. The van der Waals surface area contributed by atoms with E-state index in [1.165, 1.54) is 31.6 Å². The minimum absolute atomic E-state index is 0.0976. The Bertz CT molecular complexity index is 2490. The summed E-state index contributed by atoms with van der Waals surface area (Å²) >= 11 is 1.72. The van der Waals surface area contributed by atoms with Gasteiger partial charge in [0.1, 0.15) is 0 Å². The molecule has 5 aromatic rings. The van der Waals surface area contributed by atoms with Gasteiger partial charge in [0, 0.05) is 9.79 Å². The Morgan fingerprint density at radius 1 is 0.373 bits per heavy atom. The van der Waals surface area contributed by atoms with Gasteiger partial charge in [-0.25, -0.2) is 16.8 Å². The number of benzene rings is 5. The second-order valence-corrected chi connectivity index (χ2v) is 21.6. The maximum Gasteiger partial charge on any atom is 0.460 e. The second kappa shape index (κ2) is 21.0. The number of halogens is 19. The van der Waals surface area contributed by atoms with Gasteiger partial charge < -0.3 is 9.11 Å². The van der Waals surface area contributed by atoms with Crippen LogP contribution in [0.2, 0.25) is 0 Å². The molecule has 67 heavy (non-hydrogen) atoms. The molecule has 0 unspecified atom stereocenters. The van der Waals surface area contributed by atoms with Gasteiger partial charge in [-0.1, -0.05) is 66.4 Å². The van der Waals surface area contributed by atoms with Crippen LogP contribution >= 0.6 is 11.8 Å². The highest BCUT2D eigenvalue weighted by Gasteiger charge is 2.85. The van der Waals surface area contributed by atoms with Crippen molar-refractivity contribution in [2.45, 2.75) is 71.0 Å². The van der Waals surface area contributed by atoms with E-state index >= 15 is 0 Å². The lowest BCUT2D eigenvalue weighted by molar-refractivity contribution is -0.597. The van der Waals surface area contributed by atoms with Crippen LogP contribution in [-0.4, -0.2) is 72.5 Å². The lowest BCUT2D eigenvalue weighted by Gasteiger charge is -2.34. The predicted molar refractivity (Wildman–Crippen MR) is 197 cm³/mol. The average molecular weight is 1170 g/mol. The van der Waals surface area contributed by atoms with Crippen LogP contribution in [0.5, 0.6) is 0 Å². The van der Waals surface area contributed by atoms with Crippen molar-refractivity contribution in [3.63, 3.8) is 0 Å². The monoisotopic (exact) mass is 1170 g/mol. The van der Waals surface area contributed by atoms with Crippen LogP contribution in [-0.2, 0) is 31.1 Å². The zero-order valence-electron chi connectivity index (χ0n) is 32.0. The minimum atomic E-state index is -7.43. The third-order valence-electron chi connectivity index (χ3n) is 7.88. The molecule has 0 aliphatic heterocycles. The Morgan fingerprint density at radius 3 is 0.940 bits per heavy atom. The fraction of sp³-hybridized carbons (Fsp3) is 0.211. The highest BCUT2D eigenvalue weighted by Crippen LogP contribution is 2.55. The summed E-state index contributed by atoms with van der Waals surface area (Å²) in [4.78, 5) is 6.60. The van der Waals surface area contributed by atoms with Crippen molar-refractivity contribution < 1.29 is 126 Å². The summed E-state index contributed by atoms with van der Waals surface area (Å²) in [5.41, 5.74) is 0. The van der Waals surface area contributed by atoms with Crippen molar-refractivity contribution >= 4 is 42.9 Å². The van der Waals surface area contributed by atoms with Crippen molar-refractivity contribution in [3.05, 3.63) is 147 Å². The molecule has 0 radical (unpaired) electrons. The van der Waals surface area contributed by atoms with Gasteiger partial charge in [0.2, 0.25) is 0 Å². The van der Waals surface area contributed by atoms with E-state index < -0.39 is 66.8 Å². The third-order valence-corrected chi connectivity index (χ3v) is 15.6. The number of hydrogen-bond donors (Lipinski definition) is 0. The van der Waals surface area contributed by atoms with E-state index in [1.54, 1.807) is 0 Å². The average Bonchev–Trinajstić information content (AvgIpc) is 3.22. The molecule has 0 saturated heterocycles. The molecule has 0 amide bonds. The lowest BCUT2D eigenvalue weighted by Crippen LogP contribution is -3.61. The lowest BCUT2D eigenvalue weighted by atomic mass is 10.1. The third kappa shape index (κ3) is 12.8. The van der Waals surface area contributed by atoms with Crippen LogP contribution in [0.15, 0.2) is 164 Å². The molecule has 5 rings (SSSR count). The van der Waals surface area contributed by atoms with Crippen LogP contribution in [0.4, 0.5) is 79.0 Å². The predicted octanol–water partition coefficient (Wildman–Crippen LogP) is 8.98. The molecule has 0 spiro atoms. The minimum Gasteiger partial charge on any atom is -0.743 e. The highest BCUT2D eigenvalue weighted by atomic mass is 127. The molecule has 0 atom stereocenters. The van der Waals surface area contributed by atoms with Crippen molar-refractivity contribution in [2.24, 2.45) is 0 Å². The van der Waals surface area contributed by atoms with Crippen LogP contribution in [0, 0.1) is 7.14 Å². The Morgan fingerprint density at radius 2 is 0.642 bits per heavy atom. The molecule has 0 saturated carbocycles. The van der Waals surface area contributed by atoms with Crippen LogP contribution < -0.4 is 21.2 Å². The Labute approximate surface area is 384 Å². The van der Waals surface area contributed by atoms with E-state index in [0.717, 1.165) is 0 Å². The van der Waals surface area contributed by atoms with Crippen LogP contribution in [0.25, 0.3) is 0 Å². The molecule has 368 valence electrons. The van der Waals surface area contributed by atoms with Gasteiger partial charge in [-0.05, 0) is 84.9 Å². The molecule has 0 aromatic heterocycles. The van der Waals surface area contributed by atoms with Gasteiger partial charge in [-0.3, -0.25) is 0 Å². The van der Waals surface area contributed by atoms with E-state index in [2.05, 4.69) is 140 Å². The first-order valence-electron chi connectivity index (χ1n) is 17.1. The summed E-state index contributed by atoms with van der Waals surface area (Å²) in [5, 5.41) is -14.2. The highest BCUT2D eigenvalue weighted by molar-refractivity contribution is 7.99. The van der Waals surface area contributed by atoms with Crippen LogP contribution in [0.3, 0.4) is 0 Å². The normalized spacial score (nSPS) is 13.6. The van der Waals surface area contributed by atoms with Crippen molar-refractivity contribution in [2.75, 3.05) is 0 Å². The summed E-state index contributed by atoms with van der Waals surface area (Å²) in [6.45, 7) is 0. The van der Waals surface area contributed by atoms with Crippen molar-refractivity contribution in [3.8, 4) is 0 Å². The van der Waals surface area contributed by atoms with E-state index in [1.807, 2.05) is 11.8 Å². The van der Waals surface area contributed by atoms with Crippen LogP contribution in [0.1, 0.15) is 0 Å². The molecule has 29 heteroatoms.